The monoisotopic (exact) mass is 343 g/mol. The Morgan fingerprint density at radius 2 is 1.88 bits per heavy atom. The molecule has 1 aliphatic rings. The molecule has 0 aliphatic carbocycles. The molecule has 0 atom stereocenters. The molecule has 7 heteroatoms. The summed E-state index contributed by atoms with van der Waals surface area (Å²) in [6, 6.07) is 2.23. The molecule has 0 bridgehead atoms. The second kappa shape index (κ2) is 6.82. The molecular formula is C18H25N5O2. The Hall–Kier alpha value is -2.44. The van der Waals surface area contributed by atoms with Gasteiger partial charge in [-0.3, -0.25) is 4.79 Å². The number of aromatic nitrogens is 3. The van der Waals surface area contributed by atoms with Crippen molar-refractivity contribution in [3.63, 3.8) is 0 Å². The van der Waals surface area contributed by atoms with E-state index in [-0.39, 0.29) is 11.9 Å². The summed E-state index contributed by atoms with van der Waals surface area (Å²) < 4.78 is 5.13. The Labute approximate surface area is 148 Å². The van der Waals surface area contributed by atoms with E-state index in [0.717, 1.165) is 43.3 Å². The van der Waals surface area contributed by atoms with Crippen LogP contribution in [0, 0.1) is 27.7 Å². The van der Waals surface area contributed by atoms with Crippen molar-refractivity contribution in [3.05, 3.63) is 34.6 Å². The summed E-state index contributed by atoms with van der Waals surface area (Å²) in [6.45, 7) is 9.24. The van der Waals surface area contributed by atoms with Crippen LogP contribution in [0.3, 0.4) is 0 Å². The normalized spacial score (nSPS) is 15.5. The number of carbonyl (C=O) groups excluding carboxylic acids is 1. The summed E-state index contributed by atoms with van der Waals surface area (Å²) in [5.74, 6) is 2.34. The van der Waals surface area contributed by atoms with Crippen LogP contribution in [0.25, 0.3) is 0 Å². The zero-order valence-corrected chi connectivity index (χ0v) is 15.5. The third-order valence-corrected chi connectivity index (χ3v) is 4.86. The van der Waals surface area contributed by atoms with Crippen LogP contribution in [-0.2, 0) is 0 Å². The first-order valence-electron chi connectivity index (χ1n) is 8.64. The number of piperidine rings is 1. The number of aryl methyl sites for hydroxylation is 4. The topological polar surface area (TPSA) is 75.4 Å². The zero-order chi connectivity index (χ0) is 18.1. The van der Waals surface area contributed by atoms with Crippen LogP contribution < -0.4 is 4.90 Å². The smallest absolute Gasteiger partial charge is 0.259 e. The summed E-state index contributed by atoms with van der Waals surface area (Å²) in [5.41, 5.74) is 2.22. The molecule has 0 unspecified atom stereocenters. The van der Waals surface area contributed by atoms with Crippen LogP contribution in [0.4, 0.5) is 5.82 Å². The average molecular weight is 343 g/mol. The van der Waals surface area contributed by atoms with E-state index in [2.05, 4.69) is 20.0 Å². The van der Waals surface area contributed by atoms with E-state index in [0.29, 0.717) is 17.0 Å². The van der Waals surface area contributed by atoms with Crippen molar-refractivity contribution in [1.29, 1.82) is 0 Å². The van der Waals surface area contributed by atoms with Gasteiger partial charge in [0, 0.05) is 37.9 Å². The lowest BCUT2D eigenvalue weighted by atomic mass is 10.0. The summed E-state index contributed by atoms with van der Waals surface area (Å²) in [6.07, 6.45) is 1.82. The fourth-order valence-corrected chi connectivity index (χ4v) is 3.47. The predicted molar refractivity (Wildman–Crippen MR) is 94.8 cm³/mol. The molecule has 0 radical (unpaired) electrons. The molecule has 3 heterocycles. The van der Waals surface area contributed by atoms with Crippen molar-refractivity contribution in [2.45, 2.75) is 46.6 Å². The lowest BCUT2D eigenvalue weighted by Crippen LogP contribution is -2.46. The van der Waals surface area contributed by atoms with E-state index in [9.17, 15) is 4.79 Å². The van der Waals surface area contributed by atoms with Gasteiger partial charge in [-0.25, -0.2) is 9.97 Å². The minimum Gasteiger partial charge on any atom is -0.361 e. The van der Waals surface area contributed by atoms with E-state index >= 15 is 0 Å². The van der Waals surface area contributed by atoms with Gasteiger partial charge in [-0.05, 0) is 40.5 Å². The van der Waals surface area contributed by atoms with E-state index in [4.69, 9.17) is 4.52 Å². The molecule has 3 rings (SSSR count). The van der Waals surface area contributed by atoms with E-state index in [1.807, 2.05) is 31.9 Å². The van der Waals surface area contributed by atoms with Crippen LogP contribution in [0.5, 0.6) is 0 Å². The Balaban J connectivity index is 1.66. The van der Waals surface area contributed by atoms with Gasteiger partial charge in [-0.1, -0.05) is 5.16 Å². The maximum absolute atomic E-state index is 12.8. The molecule has 1 aliphatic heterocycles. The first-order chi connectivity index (χ1) is 11.9. The molecule has 1 fully saturated rings. The van der Waals surface area contributed by atoms with Crippen LogP contribution in [-0.4, -0.2) is 52.1 Å². The second-order valence-corrected chi connectivity index (χ2v) is 6.75. The van der Waals surface area contributed by atoms with Gasteiger partial charge in [0.05, 0.1) is 5.69 Å². The fourth-order valence-electron chi connectivity index (χ4n) is 3.47. The maximum Gasteiger partial charge on any atom is 0.259 e. The highest BCUT2D eigenvalue weighted by atomic mass is 16.5. The van der Waals surface area contributed by atoms with Crippen LogP contribution in [0.2, 0.25) is 0 Å². The summed E-state index contributed by atoms with van der Waals surface area (Å²) in [7, 11) is 1.87. The van der Waals surface area contributed by atoms with Gasteiger partial charge in [0.2, 0.25) is 0 Å². The Bertz CT molecular complexity index is 738. The summed E-state index contributed by atoms with van der Waals surface area (Å²) >= 11 is 0. The minimum absolute atomic E-state index is 0.0107. The number of rotatable bonds is 3. The van der Waals surface area contributed by atoms with E-state index in [1.54, 1.807) is 13.8 Å². The van der Waals surface area contributed by atoms with Gasteiger partial charge in [-0.15, -0.1) is 0 Å². The quantitative estimate of drug-likeness (QED) is 0.852. The highest BCUT2D eigenvalue weighted by Gasteiger charge is 2.29. The van der Waals surface area contributed by atoms with Gasteiger partial charge in [0.15, 0.2) is 0 Å². The zero-order valence-electron chi connectivity index (χ0n) is 15.5. The Morgan fingerprint density at radius 1 is 1.20 bits per heavy atom. The molecule has 134 valence electrons. The van der Waals surface area contributed by atoms with Crippen molar-refractivity contribution in [3.8, 4) is 0 Å². The summed E-state index contributed by atoms with van der Waals surface area (Å²) in [5, 5.41) is 3.89. The molecule has 1 saturated heterocycles. The molecule has 1 amide bonds. The number of hydrogen-bond acceptors (Lipinski definition) is 6. The van der Waals surface area contributed by atoms with Crippen LogP contribution in [0.15, 0.2) is 10.6 Å². The molecule has 0 spiro atoms. The minimum atomic E-state index is -0.0107. The van der Waals surface area contributed by atoms with Gasteiger partial charge >= 0.3 is 0 Å². The third-order valence-electron chi connectivity index (χ3n) is 4.86. The average Bonchev–Trinajstić information content (AvgIpc) is 2.91. The van der Waals surface area contributed by atoms with Crippen LogP contribution >= 0.6 is 0 Å². The number of amides is 1. The van der Waals surface area contributed by atoms with Gasteiger partial charge < -0.3 is 14.3 Å². The van der Waals surface area contributed by atoms with E-state index in [1.165, 1.54) is 0 Å². The van der Waals surface area contributed by atoms with Crippen LogP contribution in [0.1, 0.15) is 46.2 Å². The molecule has 7 nitrogen and oxygen atoms in total. The van der Waals surface area contributed by atoms with Crippen molar-refractivity contribution in [1.82, 2.24) is 20.0 Å². The molecule has 2 aromatic rings. The number of nitrogens with zero attached hydrogens (tertiary/aromatic N) is 5. The fraction of sp³-hybridized carbons (Fsp3) is 0.556. The standard InChI is InChI=1S/C18H25N5O2/c1-11-10-16(20-14(4)19-11)23-8-6-15(7-9-23)22(5)18(24)17-12(2)21-25-13(17)3/h10,15H,6-9H2,1-5H3. The maximum atomic E-state index is 12.8. The second-order valence-electron chi connectivity index (χ2n) is 6.75. The number of anilines is 1. The number of carbonyl (C=O) groups is 1. The molecule has 25 heavy (non-hydrogen) atoms. The molecule has 0 saturated carbocycles. The van der Waals surface area contributed by atoms with Crippen molar-refractivity contribution >= 4 is 11.7 Å². The molecule has 2 aromatic heterocycles. The Morgan fingerprint density at radius 3 is 2.44 bits per heavy atom. The van der Waals surface area contributed by atoms with Gasteiger partial charge in [-0.2, -0.15) is 0 Å². The highest BCUT2D eigenvalue weighted by molar-refractivity contribution is 5.96. The van der Waals surface area contributed by atoms with Gasteiger partial charge in [0.1, 0.15) is 23.0 Å². The summed E-state index contributed by atoms with van der Waals surface area (Å²) in [4.78, 5) is 25.8. The van der Waals surface area contributed by atoms with Gasteiger partial charge in [0.25, 0.3) is 5.91 Å². The number of hydrogen-bond donors (Lipinski definition) is 0. The molecule has 0 aromatic carbocycles. The van der Waals surface area contributed by atoms with Crippen molar-refractivity contribution in [2.24, 2.45) is 0 Å². The Kier molecular flexibility index (Phi) is 4.74. The third kappa shape index (κ3) is 3.50. The lowest BCUT2D eigenvalue weighted by molar-refractivity contribution is 0.0706. The first-order valence-corrected chi connectivity index (χ1v) is 8.64. The SMILES string of the molecule is Cc1cc(N2CCC(N(C)C(=O)c3c(C)noc3C)CC2)nc(C)n1. The predicted octanol–water partition coefficient (Wildman–Crippen LogP) is 2.44. The lowest BCUT2D eigenvalue weighted by Gasteiger charge is -2.37. The largest absolute Gasteiger partial charge is 0.361 e. The highest BCUT2D eigenvalue weighted by Crippen LogP contribution is 2.23. The molecule has 0 N–H and O–H groups in total. The van der Waals surface area contributed by atoms with Crippen molar-refractivity contribution < 1.29 is 9.32 Å². The van der Waals surface area contributed by atoms with Crippen molar-refractivity contribution in [2.75, 3.05) is 25.0 Å². The van der Waals surface area contributed by atoms with E-state index < -0.39 is 0 Å². The molecular weight excluding hydrogens is 318 g/mol. The first kappa shape index (κ1) is 17.4.